The molecule has 4 unspecified atom stereocenters. The van der Waals surface area contributed by atoms with Crippen LogP contribution in [0, 0.1) is 23.7 Å². The number of hydrogen-bond donors (Lipinski definition) is 0. The lowest BCUT2D eigenvalue weighted by Gasteiger charge is -2.30. The van der Waals surface area contributed by atoms with Gasteiger partial charge in [0.2, 0.25) is 0 Å². The highest BCUT2D eigenvalue weighted by Gasteiger charge is 2.22. The second-order valence-electron chi connectivity index (χ2n) is 9.79. The maximum Gasteiger partial charge on any atom is 0.0639 e. The van der Waals surface area contributed by atoms with Crippen LogP contribution in [0.2, 0.25) is 0 Å². The molecule has 0 aliphatic carbocycles. The van der Waals surface area contributed by atoms with Gasteiger partial charge in [0.05, 0.1) is 12.2 Å². The van der Waals surface area contributed by atoms with E-state index in [2.05, 4.69) is 80.7 Å². The molecule has 0 heterocycles. The van der Waals surface area contributed by atoms with Gasteiger partial charge < -0.3 is 4.74 Å². The summed E-state index contributed by atoms with van der Waals surface area (Å²) in [7, 11) is 0. The Labute approximate surface area is 183 Å². The predicted octanol–water partition coefficient (Wildman–Crippen LogP) is 8.93. The molecule has 0 aromatic heterocycles. The standard InChI is InChI=1S/C28H50O/c1-11-23(7)15-13-17-25(9)19-27(21(3)4)29-28(22(5)6)20-26(10)18-14-16-24(8)12-2/h11-12,17-18,21-24,27-28H,1-2,13-16,19-20H2,3-10H3. The first-order valence-electron chi connectivity index (χ1n) is 11.8. The molecule has 1 nitrogen and oxygen atoms in total. The van der Waals surface area contributed by atoms with Gasteiger partial charge in [-0.2, -0.15) is 0 Å². The summed E-state index contributed by atoms with van der Waals surface area (Å²) in [5.74, 6) is 2.21. The van der Waals surface area contributed by atoms with Crippen LogP contribution < -0.4 is 0 Å². The fourth-order valence-corrected chi connectivity index (χ4v) is 3.33. The summed E-state index contributed by atoms with van der Waals surface area (Å²) in [5, 5.41) is 0. The molecule has 0 radical (unpaired) electrons. The summed E-state index contributed by atoms with van der Waals surface area (Å²) in [6.45, 7) is 25.9. The minimum atomic E-state index is 0.282. The van der Waals surface area contributed by atoms with Gasteiger partial charge in [0.15, 0.2) is 0 Å². The Morgan fingerprint density at radius 3 is 1.31 bits per heavy atom. The van der Waals surface area contributed by atoms with Crippen molar-refractivity contribution in [1.29, 1.82) is 0 Å². The van der Waals surface area contributed by atoms with E-state index in [1.807, 2.05) is 12.2 Å². The van der Waals surface area contributed by atoms with Gasteiger partial charge in [-0.3, -0.25) is 0 Å². The zero-order chi connectivity index (χ0) is 22.4. The van der Waals surface area contributed by atoms with Crippen LogP contribution in [0.4, 0.5) is 0 Å². The Hall–Kier alpha value is -1.08. The maximum atomic E-state index is 6.70. The Morgan fingerprint density at radius 1 is 0.690 bits per heavy atom. The fraction of sp³-hybridized carbons (Fsp3) is 0.714. The molecule has 29 heavy (non-hydrogen) atoms. The second kappa shape index (κ2) is 15.7. The normalized spacial score (nSPS) is 17.3. The van der Waals surface area contributed by atoms with Crippen molar-refractivity contribution in [1.82, 2.24) is 0 Å². The molecule has 0 aliphatic heterocycles. The molecule has 0 bridgehead atoms. The molecule has 4 atom stereocenters. The Morgan fingerprint density at radius 2 is 1.03 bits per heavy atom. The van der Waals surface area contributed by atoms with Gasteiger partial charge in [-0.05, 0) is 76.0 Å². The second-order valence-corrected chi connectivity index (χ2v) is 9.79. The van der Waals surface area contributed by atoms with Crippen LogP contribution in [0.1, 0.15) is 93.9 Å². The Kier molecular flexibility index (Phi) is 15.1. The van der Waals surface area contributed by atoms with E-state index in [4.69, 9.17) is 4.74 Å². The van der Waals surface area contributed by atoms with Crippen LogP contribution in [0.5, 0.6) is 0 Å². The van der Waals surface area contributed by atoms with Gasteiger partial charge in [0.25, 0.3) is 0 Å². The minimum absolute atomic E-state index is 0.282. The average Bonchev–Trinajstić information content (AvgIpc) is 2.65. The van der Waals surface area contributed by atoms with Crippen LogP contribution in [0.15, 0.2) is 48.6 Å². The molecule has 0 fully saturated rings. The number of ether oxygens (including phenoxy) is 1. The van der Waals surface area contributed by atoms with Gasteiger partial charge in [-0.1, -0.05) is 77.0 Å². The van der Waals surface area contributed by atoms with E-state index in [0.717, 1.165) is 25.7 Å². The van der Waals surface area contributed by atoms with Crippen molar-refractivity contribution in [3.63, 3.8) is 0 Å². The zero-order valence-corrected chi connectivity index (χ0v) is 20.8. The number of hydrogen-bond acceptors (Lipinski definition) is 1. The van der Waals surface area contributed by atoms with Gasteiger partial charge in [0.1, 0.15) is 0 Å². The molecule has 0 rings (SSSR count). The lowest BCUT2D eigenvalue weighted by atomic mass is 9.95. The smallest absolute Gasteiger partial charge is 0.0639 e. The monoisotopic (exact) mass is 402 g/mol. The first kappa shape index (κ1) is 27.9. The molecular formula is C28H50O. The van der Waals surface area contributed by atoms with Gasteiger partial charge >= 0.3 is 0 Å². The van der Waals surface area contributed by atoms with Crippen molar-refractivity contribution >= 4 is 0 Å². The van der Waals surface area contributed by atoms with Gasteiger partial charge in [0, 0.05) is 0 Å². The van der Waals surface area contributed by atoms with E-state index in [1.54, 1.807) is 0 Å². The highest BCUT2D eigenvalue weighted by molar-refractivity contribution is 5.03. The van der Waals surface area contributed by atoms with E-state index >= 15 is 0 Å². The molecule has 0 saturated heterocycles. The summed E-state index contributed by atoms with van der Waals surface area (Å²) in [6.07, 6.45) is 16.1. The van der Waals surface area contributed by atoms with E-state index in [-0.39, 0.29) is 12.2 Å². The molecule has 0 aromatic carbocycles. The summed E-state index contributed by atoms with van der Waals surface area (Å²) >= 11 is 0. The number of allylic oxidation sites excluding steroid dienone is 4. The van der Waals surface area contributed by atoms with Crippen LogP contribution in [-0.4, -0.2) is 12.2 Å². The molecule has 168 valence electrons. The lowest BCUT2D eigenvalue weighted by molar-refractivity contribution is -0.0551. The van der Waals surface area contributed by atoms with Crippen LogP contribution in [0.3, 0.4) is 0 Å². The first-order chi connectivity index (χ1) is 13.6. The van der Waals surface area contributed by atoms with E-state index in [0.29, 0.717) is 23.7 Å². The van der Waals surface area contributed by atoms with Crippen molar-refractivity contribution in [3.05, 3.63) is 48.6 Å². The van der Waals surface area contributed by atoms with Gasteiger partial charge in [-0.15, -0.1) is 13.2 Å². The van der Waals surface area contributed by atoms with Crippen LogP contribution in [0.25, 0.3) is 0 Å². The zero-order valence-electron chi connectivity index (χ0n) is 20.8. The summed E-state index contributed by atoms with van der Waals surface area (Å²) in [5.41, 5.74) is 2.90. The molecule has 0 aliphatic rings. The summed E-state index contributed by atoms with van der Waals surface area (Å²) in [4.78, 5) is 0. The van der Waals surface area contributed by atoms with Crippen molar-refractivity contribution in [2.45, 2.75) is 106 Å². The molecule has 0 amide bonds. The molecular weight excluding hydrogens is 352 g/mol. The van der Waals surface area contributed by atoms with E-state index in [9.17, 15) is 0 Å². The third-order valence-electron chi connectivity index (χ3n) is 5.92. The lowest BCUT2D eigenvalue weighted by Crippen LogP contribution is -2.30. The molecule has 0 spiro atoms. The Balaban J connectivity index is 4.86. The largest absolute Gasteiger partial charge is 0.374 e. The molecule has 0 aromatic rings. The van der Waals surface area contributed by atoms with E-state index < -0.39 is 0 Å². The highest BCUT2D eigenvalue weighted by Crippen LogP contribution is 2.25. The molecule has 0 N–H and O–H groups in total. The SMILES string of the molecule is C=CC(C)CCC=C(C)CC(OC(CC(C)=CCCC(C)C=C)C(C)C)C(C)C. The quantitative estimate of drug-likeness (QED) is 0.234. The third kappa shape index (κ3) is 13.7. The first-order valence-corrected chi connectivity index (χ1v) is 11.8. The molecule has 1 heteroatoms. The van der Waals surface area contributed by atoms with Crippen molar-refractivity contribution in [3.8, 4) is 0 Å². The Bertz CT molecular complexity index is 462. The predicted molar refractivity (Wildman–Crippen MR) is 132 cm³/mol. The van der Waals surface area contributed by atoms with Crippen LogP contribution in [-0.2, 0) is 4.74 Å². The third-order valence-corrected chi connectivity index (χ3v) is 5.92. The highest BCUT2D eigenvalue weighted by atomic mass is 16.5. The summed E-state index contributed by atoms with van der Waals surface area (Å²) < 4.78 is 6.70. The maximum absolute atomic E-state index is 6.70. The van der Waals surface area contributed by atoms with Crippen LogP contribution >= 0.6 is 0 Å². The fourth-order valence-electron chi connectivity index (χ4n) is 3.33. The molecule has 0 saturated carbocycles. The summed E-state index contributed by atoms with van der Waals surface area (Å²) in [6, 6.07) is 0. The van der Waals surface area contributed by atoms with Crippen molar-refractivity contribution in [2.24, 2.45) is 23.7 Å². The van der Waals surface area contributed by atoms with E-state index in [1.165, 1.54) is 24.0 Å². The van der Waals surface area contributed by atoms with Crippen molar-refractivity contribution < 1.29 is 4.74 Å². The topological polar surface area (TPSA) is 9.23 Å². The van der Waals surface area contributed by atoms with Crippen molar-refractivity contribution in [2.75, 3.05) is 0 Å². The van der Waals surface area contributed by atoms with Gasteiger partial charge in [-0.25, -0.2) is 0 Å². The average molecular weight is 403 g/mol. The number of rotatable bonds is 16. The minimum Gasteiger partial charge on any atom is -0.374 e.